The lowest BCUT2D eigenvalue weighted by Gasteiger charge is -2.21. The highest BCUT2D eigenvalue weighted by atomic mass is 32.2. The van der Waals surface area contributed by atoms with Gasteiger partial charge in [0.1, 0.15) is 0 Å². The topological polar surface area (TPSA) is 55.2 Å². The molecule has 0 saturated heterocycles. The summed E-state index contributed by atoms with van der Waals surface area (Å²) in [5.74, 6) is 0. The predicted molar refractivity (Wildman–Crippen MR) is 105 cm³/mol. The van der Waals surface area contributed by atoms with Crippen LogP contribution >= 0.6 is 0 Å². The zero-order valence-electron chi connectivity index (χ0n) is 15.7. The molecule has 6 heteroatoms. The predicted octanol–water partition coefficient (Wildman–Crippen LogP) is 3.88. The summed E-state index contributed by atoms with van der Waals surface area (Å²) in [5, 5.41) is 6.47. The Morgan fingerprint density at radius 1 is 1.04 bits per heavy atom. The molecule has 1 aromatic heterocycles. The monoisotopic (exact) mass is 371 g/mol. The van der Waals surface area contributed by atoms with Gasteiger partial charge in [0.2, 0.25) is 10.0 Å². The molecule has 2 aromatic carbocycles. The summed E-state index contributed by atoms with van der Waals surface area (Å²) in [5.41, 5.74) is 2.90. The van der Waals surface area contributed by atoms with Crippen LogP contribution in [0.5, 0.6) is 0 Å². The average molecular weight is 372 g/mol. The zero-order chi connectivity index (χ0) is 18.9. The Labute approximate surface area is 155 Å². The Morgan fingerprint density at radius 3 is 2.35 bits per heavy atom. The van der Waals surface area contributed by atoms with Crippen molar-refractivity contribution in [2.75, 3.05) is 6.54 Å². The highest BCUT2D eigenvalue weighted by Crippen LogP contribution is 2.24. The number of sulfonamides is 1. The molecule has 0 unspecified atom stereocenters. The number of benzene rings is 2. The molecule has 0 spiro atoms. The fraction of sp³-hybridized carbons (Fsp3) is 0.350. The summed E-state index contributed by atoms with van der Waals surface area (Å²) in [7, 11) is -3.58. The van der Waals surface area contributed by atoms with Crippen molar-refractivity contribution >= 4 is 20.8 Å². The summed E-state index contributed by atoms with van der Waals surface area (Å²) in [6.45, 7) is 9.35. The van der Waals surface area contributed by atoms with Gasteiger partial charge in [0.25, 0.3) is 0 Å². The van der Waals surface area contributed by atoms with Crippen LogP contribution in [0.2, 0.25) is 0 Å². The van der Waals surface area contributed by atoms with Crippen LogP contribution in [0.1, 0.15) is 30.8 Å². The molecule has 3 rings (SSSR count). The largest absolute Gasteiger partial charge is 0.270 e. The molecule has 0 aliphatic rings. The van der Waals surface area contributed by atoms with Gasteiger partial charge in [-0.1, -0.05) is 37.3 Å². The Kier molecular flexibility index (Phi) is 5.16. The van der Waals surface area contributed by atoms with E-state index < -0.39 is 10.0 Å². The standard InChI is InChI=1S/C20H25N3O2S/c1-5-22(14-20-15(3)21-23(6-2)16(20)4)26(24,25)19-12-11-17-9-7-8-10-18(17)13-19/h7-13H,5-6,14H2,1-4H3. The van der Waals surface area contributed by atoms with Crippen LogP contribution < -0.4 is 0 Å². The first-order chi connectivity index (χ1) is 12.4. The summed E-state index contributed by atoms with van der Waals surface area (Å²) >= 11 is 0. The quantitative estimate of drug-likeness (QED) is 0.661. The van der Waals surface area contributed by atoms with E-state index in [1.54, 1.807) is 12.1 Å². The summed E-state index contributed by atoms with van der Waals surface area (Å²) < 4.78 is 29.9. The Bertz CT molecular complexity index is 1040. The fourth-order valence-corrected chi connectivity index (χ4v) is 4.74. The van der Waals surface area contributed by atoms with Crippen molar-refractivity contribution < 1.29 is 8.42 Å². The van der Waals surface area contributed by atoms with Crippen molar-refractivity contribution in [3.05, 3.63) is 59.4 Å². The maximum atomic E-state index is 13.2. The second kappa shape index (κ2) is 7.21. The number of aryl methyl sites for hydroxylation is 2. The van der Waals surface area contributed by atoms with E-state index >= 15 is 0 Å². The van der Waals surface area contributed by atoms with Crippen LogP contribution in [0, 0.1) is 13.8 Å². The van der Waals surface area contributed by atoms with E-state index in [4.69, 9.17) is 0 Å². The van der Waals surface area contributed by atoms with Crippen molar-refractivity contribution in [3.8, 4) is 0 Å². The molecule has 138 valence electrons. The first-order valence-electron chi connectivity index (χ1n) is 8.90. The van der Waals surface area contributed by atoms with Crippen molar-refractivity contribution in [1.82, 2.24) is 14.1 Å². The summed E-state index contributed by atoms with van der Waals surface area (Å²) in [6.07, 6.45) is 0. The van der Waals surface area contributed by atoms with Gasteiger partial charge in [-0.3, -0.25) is 4.68 Å². The number of fused-ring (bicyclic) bond motifs is 1. The Balaban J connectivity index is 1.99. The number of hydrogen-bond acceptors (Lipinski definition) is 3. The van der Waals surface area contributed by atoms with Crippen molar-refractivity contribution in [2.45, 2.75) is 45.7 Å². The van der Waals surface area contributed by atoms with Crippen molar-refractivity contribution in [2.24, 2.45) is 0 Å². The molecule has 0 fully saturated rings. The minimum atomic E-state index is -3.58. The number of rotatable bonds is 6. The molecule has 1 heterocycles. The van der Waals surface area contributed by atoms with Crippen LogP contribution in [-0.2, 0) is 23.1 Å². The molecule has 0 N–H and O–H groups in total. The van der Waals surface area contributed by atoms with E-state index in [0.717, 1.165) is 34.3 Å². The minimum absolute atomic E-state index is 0.330. The number of nitrogens with zero attached hydrogens (tertiary/aromatic N) is 3. The van der Waals surface area contributed by atoms with E-state index in [1.807, 2.05) is 62.7 Å². The normalized spacial score (nSPS) is 12.2. The van der Waals surface area contributed by atoms with Crippen LogP contribution in [0.15, 0.2) is 47.4 Å². The number of aromatic nitrogens is 2. The van der Waals surface area contributed by atoms with Gasteiger partial charge < -0.3 is 0 Å². The van der Waals surface area contributed by atoms with Gasteiger partial charge in [-0.05, 0) is 43.7 Å². The van der Waals surface area contributed by atoms with Crippen LogP contribution in [-0.4, -0.2) is 29.0 Å². The lowest BCUT2D eigenvalue weighted by molar-refractivity contribution is 0.421. The fourth-order valence-electron chi connectivity index (χ4n) is 3.29. The van der Waals surface area contributed by atoms with Crippen LogP contribution in [0.3, 0.4) is 0 Å². The van der Waals surface area contributed by atoms with E-state index in [-0.39, 0.29) is 0 Å². The minimum Gasteiger partial charge on any atom is -0.270 e. The van der Waals surface area contributed by atoms with Gasteiger partial charge in [0, 0.05) is 30.9 Å². The SMILES string of the molecule is CCN(Cc1c(C)nn(CC)c1C)S(=O)(=O)c1ccc2ccccc2c1. The van der Waals surface area contributed by atoms with Gasteiger partial charge >= 0.3 is 0 Å². The maximum Gasteiger partial charge on any atom is 0.243 e. The molecule has 0 radical (unpaired) electrons. The molecule has 0 saturated carbocycles. The third kappa shape index (κ3) is 3.27. The van der Waals surface area contributed by atoms with Gasteiger partial charge in [0.05, 0.1) is 10.6 Å². The third-order valence-electron chi connectivity index (χ3n) is 4.88. The van der Waals surface area contributed by atoms with Gasteiger partial charge in [-0.25, -0.2) is 8.42 Å². The molecule has 0 aliphatic carbocycles. The van der Waals surface area contributed by atoms with Gasteiger partial charge in [-0.15, -0.1) is 0 Å². The molecule has 5 nitrogen and oxygen atoms in total. The first kappa shape index (κ1) is 18.6. The number of hydrogen-bond donors (Lipinski definition) is 0. The Hall–Kier alpha value is -2.18. The molecular formula is C20H25N3O2S. The van der Waals surface area contributed by atoms with Crippen LogP contribution in [0.4, 0.5) is 0 Å². The van der Waals surface area contributed by atoms with E-state index in [9.17, 15) is 8.42 Å². The van der Waals surface area contributed by atoms with E-state index in [0.29, 0.717) is 18.0 Å². The van der Waals surface area contributed by atoms with Gasteiger partial charge in [0.15, 0.2) is 0 Å². The Morgan fingerprint density at radius 2 is 1.73 bits per heavy atom. The zero-order valence-corrected chi connectivity index (χ0v) is 16.5. The first-order valence-corrected chi connectivity index (χ1v) is 10.3. The molecule has 0 atom stereocenters. The van der Waals surface area contributed by atoms with Gasteiger partial charge in [-0.2, -0.15) is 9.40 Å². The second-order valence-electron chi connectivity index (χ2n) is 6.41. The average Bonchev–Trinajstić information content (AvgIpc) is 2.92. The van der Waals surface area contributed by atoms with E-state index in [1.165, 1.54) is 4.31 Å². The van der Waals surface area contributed by atoms with E-state index in [2.05, 4.69) is 5.10 Å². The molecule has 26 heavy (non-hydrogen) atoms. The summed E-state index contributed by atoms with van der Waals surface area (Å²) in [6, 6.07) is 13.1. The highest BCUT2D eigenvalue weighted by molar-refractivity contribution is 7.89. The molecule has 0 bridgehead atoms. The van der Waals surface area contributed by atoms with Crippen LogP contribution in [0.25, 0.3) is 10.8 Å². The molecule has 3 aromatic rings. The smallest absolute Gasteiger partial charge is 0.243 e. The van der Waals surface area contributed by atoms with Crippen molar-refractivity contribution in [1.29, 1.82) is 0 Å². The molecule has 0 aliphatic heterocycles. The summed E-state index contributed by atoms with van der Waals surface area (Å²) in [4.78, 5) is 0.330. The van der Waals surface area contributed by atoms with Crippen molar-refractivity contribution in [3.63, 3.8) is 0 Å². The highest BCUT2D eigenvalue weighted by Gasteiger charge is 2.25. The molecule has 0 amide bonds. The lowest BCUT2D eigenvalue weighted by atomic mass is 10.1. The maximum absolute atomic E-state index is 13.2. The molecular weight excluding hydrogens is 346 g/mol. The third-order valence-corrected chi connectivity index (χ3v) is 6.79. The second-order valence-corrected chi connectivity index (χ2v) is 8.34. The lowest BCUT2D eigenvalue weighted by Crippen LogP contribution is -2.30.